The zero-order chi connectivity index (χ0) is 15.4. The van der Waals surface area contributed by atoms with Crippen LogP contribution in [0.25, 0.3) is 0 Å². The topological polar surface area (TPSA) is 49.8 Å². The van der Waals surface area contributed by atoms with E-state index < -0.39 is 5.97 Å². The Balaban J connectivity index is 2.01. The maximum atomic E-state index is 13.9. The SMILES string of the molecule is COC(=O)c1ccc(F)c(CN2CCC(C(C)O)CC2)c1. The Hall–Kier alpha value is -1.46. The van der Waals surface area contributed by atoms with Crippen molar-refractivity contribution in [2.45, 2.75) is 32.4 Å². The summed E-state index contributed by atoms with van der Waals surface area (Å²) in [6, 6.07) is 4.30. The van der Waals surface area contributed by atoms with Crippen LogP contribution >= 0.6 is 0 Å². The van der Waals surface area contributed by atoms with E-state index in [1.54, 1.807) is 6.07 Å². The number of methoxy groups -OCH3 is 1. The fourth-order valence-corrected chi connectivity index (χ4v) is 2.78. The second-order valence-electron chi connectivity index (χ2n) is 5.65. The van der Waals surface area contributed by atoms with Gasteiger partial charge in [0.15, 0.2) is 0 Å². The van der Waals surface area contributed by atoms with Crippen LogP contribution in [0.5, 0.6) is 0 Å². The number of piperidine rings is 1. The number of halogens is 1. The van der Waals surface area contributed by atoms with Crippen molar-refractivity contribution < 1.29 is 19.0 Å². The second kappa shape index (κ2) is 7.00. The molecule has 1 aliphatic rings. The van der Waals surface area contributed by atoms with Crippen molar-refractivity contribution in [3.05, 3.63) is 35.1 Å². The summed E-state index contributed by atoms with van der Waals surface area (Å²) in [6.07, 6.45) is 1.54. The van der Waals surface area contributed by atoms with Gasteiger partial charge in [-0.15, -0.1) is 0 Å². The summed E-state index contributed by atoms with van der Waals surface area (Å²) in [5.74, 6) is -0.433. The molecule has 2 rings (SSSR count). The predicted molar refractivity (Wildman–Crippen MR) is 77.4 cm³/mol. The Morgan fingerprint density at radius 2 is 2.14 bits per heavy atom. The molecule has 1 saturated heterocycles. The van der Waals surface area contributed by atoms with E-state index in [4.69, 9.17) is 0 Å². The van der Waals surface area contributed by atoms with Crippen LogP contribution in [-0.2, 0) is 11.3 Å². The number of aliphatic hydroxyl groups is 1. The Morgan fingerprint density at radius 1 is 1.48 bits per heavy atom. The number of hydrogen-bond donors (Lipinski definition) is 1. The number of aliphatic hydroxyl groups excluding tert-OH is 1. The van der Waals surface area contributed by atoms with E-state index in [-0.39, 0.29) is 11.9 Å². The van der Waals surface area contributed by atoms with Crippen LogP contribution in [0.1, 0.15) is 35.7 Å². The molecule has 0 bridgehead atoms. The van der Waals surface area contributed by atoms with Crippen LogP contribution in [0.4, 0.5) is 4.39 Å². The summed E-state index contributed by atoms with van der Waals surface area (Å²) in [5.41, 5.74) is 0.876. The van der Waals surface area contributed by atoms with Gasteiger partial charge in [0.1, 0.15) is 5.82 Å². The minimum Gasteiger partial charge on any atom is -0.465 e. The predicted octanol–water partition coefficient (Wildman–Crippen LogP) is 2.21. The van der Waals surface area contributed by atoms with Crippen molar-refractivity contribution in [3.8, 4) is 0 Å². The molecular weight excluding hydrogens is 273 g/mol. The van der Waals surface area contributed by atoms with Crippen LogP contribution in [0.2, 0.25) is 0 Å². The second-order valence-corrected chi connectivity index (χ2v) is 5.65. The molecule has 4 nitrogen and oxygen atoms in total. The molecule has 1 heterocycles. The van der Waals surface area contributed by atoms with Crippen molar-refractivity contribution in [1.29, 1.82) is 0 Å². The maximum absolute atomic E-state index is 13.9. The lowest BCUT2D eigenvalue weighted by Gasteiger charge is -2.33. The molecule has 0 saturated carbocycles. The maximum Gasteiger partial charge on any atom is 0.337 e. The smallest absolute Gasteiger partial charge is 0.337 e. The van der Waals surface area contributed by atoms with Gasteiger partial charge in [-0.2, -0.15) is 0 Å². The molecule has 1 atom stereocenters. The Morgan fingerprint density at radius 3 is 2.71 bits per heavy atom. The monoisotopic (exact) mass is 295 g/mol. The van der Waals surface area contributed by atoms with Crippen LogP contribution in [0.15, 0.2) is 18.2 Å². The molecule has 1 fully saturated rings. The van der Waals surface area contributed by atoms with Gasteiger partial charge in [-0.1, -0.05) is 0 Å². The largest absolute Gasteiger partial charge is 0.465 e. The lowest BCUT2D eigenvalue weighted by atomic mass is 9.92. The lowest BCUT2D eigenvalue weighted by Crippen LogP contribution is -2.36. The first kappa shape index (κ1) is 15.9. The first-order chi connectivity index (χ1) is 10.0. The molecular formula is C16H22FNO3. The summed E-state index contributed by atoms with van der Waals surface area (Å²) in [7, 11) is 1.31. The molecule has 116 valence electrons. The average Bonchev–Trinajstić information content (AvgIpc) is 2.49. The van der Waals surface area contributed by atoms with Crippen molar-refractivity contribution >= 4 is 5.97 Å². The average molecular weight is 295 g/mol. The molecule has 0 amide bonds. The first-order valence-corrected chi connectivity index (χ1v) is 7.28. The zero-order valence-corrected chi connectivity index (χ0v) is 12.5. The normalized spacial score (nSPS) is 18.5. The van der Waals surface area contributed by atoms with E-state index in [0.717, 1.165) is 25.9 Å². The molecule has 1 unspecified atom stereocenters. The van der Waals surface area contributed by atoms with E-state index in [1.807, 2.05) is 6.92 Å². The van der Waals surface area contributed by atoms with Crippen LogP contribution < -0.4 is 0 Å². The van der Waals surface area contributed by atoms with Gasteiger partial charge < -0.3 is 9.84 Å². The number of rotatable bonds is 4. The number of nitrogens with zero attached hydrogens (tertiary/aromatic N) is 1. The van der Waals surface area contributed by atoms with Gasteiger partial charge >= 0.3 is 5.97 Å². The number of benzene rings is 1. The summed E-state index contributed by atoms with van der Waals surface area (Å²) in [6.45, 7) is 3.96. The van der Waals surface area contributed by atoms with Crippen molar-refractivity contribution in [1.82, 2.24) is 4.90 Å². The van der Waals surface area contributed by atoms with E-state index in [9.17, 15) is 14.3 Å². The molecule has 5 heteroatoms. The standard InChI is InChI=1S/C16H22FNO3/c1-11(19)12-5-7-18(8-6-12)10-14-9-13(16(20)21-2)3-4-15(14)17/h3-4,9,11-12,19H,5-8,10H2,1-2H3. The molecule has 0 spiro atoms. The molecule has 1 aliphatic heterocycles. The quantitative estimate of drug-likeness (QED) is 0.865. The third-order valence-corrected chi connectivity index (χ3v) is 4.18. The highest BCUT2D eigenvalue weighted by Gasteiger charge is 2.23. The minimum absolute atomic E-state index is 0.286. The van der Waals surface area contributed by atoms with Crippen LogP contribution in [0, 0.1) is 11.7 Å². The number of carbonyl (C=O) groups is 1. The molecule has 0 aliphatic carbocycles. The van der Waals surface area contributed by atoms with Crippen molar-refractivity contribution in [2.75, 3.05) is 20.2 Å². The van der Waals surface area contributed by atoms with Gasteiger partial charge in [-0.05, 0) is 57.0 Å². The fourth-order valence-electron chi connectivity index (χ4n) is 2.78. The Labute approximate surface area is 124 Å². The summed E-state index contributed by atoms with van der Waals surface area (Å²) in [4.78, 5) is 13.7. The van der Waals surface area contributed by atoms with Gasteiger partial charge in [0.25, 0.3) is 0 Å². The van der Waals surface area contributed by atoms with Gasteiger partial charge in [0, 0.05) is 12.1 Å². The summed E-state index contributed by atoms with van der Waals surface area (Å²) < 4.78 is 18.5. The number of carbonyl (C=O) groups excluding carboxylic acids is 1. The van der Waals surface area contributed by atoms with E-state index in [1.165, 1.54) is 19.2 Å². The van der Waals surface area contributed by atoms with E-state index >= 15 is 0 Å². The molecule has 1 aromatic rings. The Kier molecular flexibility index (Phi) is 5.31. The summed E-state index contributed by atoms with van der Waals surface area (Å²) in [5, 5.41) is 9.59. The lowest BCUT2D eigenvalue weighted by molar-refractivity contribution is 0.0599. The molecule has 0 aromatic heterocycles. The molecule has 21 heavy (non-hydrogen) atoms. The van der Waals surface area contributed by atoms with Gasteiger partial charge in [-0.3, -0.25) is 4.90 Å². The number of ether oxygens (including phenoxy) is 1. The Bertz CT molecular complexity index is 496. The molecule has 0 radical (unpaired) electrons. The number of hydrogen-bond acceptors (Lipinski definition) is 4. The van der Waals surface area contributed by atoms with Crippen LogP contribution in [0.3, 0.4) is 0 Å². The fraction of sp³-hybridized carbons (Fsp3) is 0.562. The first-order valence-electron chi connectivity index (χ1n) is 7.28. The van der Waals surface area contributed by atoms with Gasteiger partial charge in [0.05, 0.1) is 18.8 Å². The van der Waals surface area contributed by atoms with Crippen molar-refractivity contribution in [3.63, 3.8) is 0 Å². The van der Waals surface area contributed by atoms with E-state index in [0.29, 0.717) is 23.6 Å². The van der Waals surface area contributed by atoms with Crippen LogP contribution in [-0.4, -0.2) is 42.3 Å². The van der Waals surface area contributed by atoms with Gasteiger partial charge in [0.2, 0.25) is 0 Å². The molecule has 1 aromatic carbocycles. The third kappa shape index (κ3) is 4.02. The highest BCUT2D eigenvalue weighted by Crippen LogP contribution is 2.23. The van der Waals surface area contributed by atoms with Gasteiger partial charge in [-0.25, -0.2) is 9.18 Å². The summed E-state index contributed by atoms with van der Waals surface area (Å²) >= 11 is 0. The van der Waals surface area contributed by atoms with Crippen molar-refractivity contribution in [2.24, 2.45) is 5.92 Å². The third-order valence-electron chi connectivity index (χ3n) is 4.18. The highest BCUT2D eigenvalue weighted by atomic mass is 19.1. The molecule has 1 N–H and O–H groups in total. The zero-order valence-electron chi connectivity index (χ0n) is 12.5. The van der Waals surface area contributed by atoms with E-state index in [2.05, 4.69) is 9.64 Å². The highest BCUT2D eigenvalue weighted by molar-refractivity contribution is 5.89. The minimum atomic E-state index is -0.455. The number of likely N-dealkylation sites (tertiary alicyclic amines) is 1. The number of esters is 1.